The first kappa shape index (κ1) is 13.1. The fourth-order valence-electron chi connectivity index (χ4n) is 1.24. The van der Waals surface area contributed by atoms with Gasteiger partial charge >= 0.3 is 0 Å². The highest BCUT2D eigenvalue weighted by molar-refractivity contribution is 6.18. The summed E-state index contributed by atoms with van der Waals surface area (Å²) >= 11 is 5.50. The zero-order valence-corrected chi connectivity index (χ0v) is 10.2. The molecule has 0 aliphatic carbocycles. The van der Waals surface area contributed by atoms with Gasteiger partial charge in [-0.05, 0) is 24.1 Å². The summed E-state index contributed by atoms with van der Waals surface area (Å²) in [6, 6.07) is 7.89. The third-order valence-corrected chi connectivity index (χ3v) is 2.29. The largest absolute Gasteiger partial charge is 0.497 e. The van der Waals surface area contributed by atoms with Gasteiger partial charge in [0.25, 0.3) is 0 Å². The van der Waals surface area contributed by atoms with Crippen molar-refractivity contribution in [1.29, 1.82) is 0 Å². The summed E-state index contributed by atoms with van der Waals surface area (Å²) in [7, 11) is 1.66. The monoisotopic (exact) mass is 240 g/mol. The lowest BCUT2D eigenvalue weighted by Crippen LogP contribution is -1.94. The molecule has 88 valence electrons. The van der Waals surface area contributed by atoms with E-state index in [9.17, 15) is 0 Å². The van der Waals surface area contributed by atoms with Crippen LogP contribution in [0.25, 0.3) is 0 Å². The summed E-state index contributed by atoms with van der Waals surface area (Å²) in [5, 5.41) is 0. The zero-order chi connectivity index (χ0) is 11.6. The van der Waals surface area contributed by atoms with Crippen molar-refractivity contribution in [2.75, 3.05) is 19.6 Å². The molecule has 2 nitrogen and oxygen atoms in total. The standard InChI is InChI=1S/C13H17ClO2/c1-15-13-7-5-12(6-8-13)11-16-10-4-2-3-9-14/h2-3,5-8H,4,9-11H2,1H3/b3-2+. The van der Waals surface area contributed by atoms with Gasteiger partial charge in [0, 0.05) is 5.88 Å². The van der Waals surface area contributed by atoms with Crippen LogP contribution in [0.4, 0.5) is 0 Å². The molecule has 0 saturated carbocycles. The minimum absolute atomic E-state index is 0.568. The van der Waals surface area contributed by atoms with Crippen LogP contribution >= 0.6 is 11.6 Å². The molecule has 0 spiro atoms. The van der Waals surface area contributed by atoms with Gasteiger partial charge in [-0.3, -0.25) is 0 Å². The van der Waals surface area contributed by atoms with E-state index < -0.39 is 0 Å². The molecule has 16 heavy (non-hydrogen) atoms. The van der Waals surface area contributed by atoms with Crippen molar-refractivity contribution >= 4 is 11.6 Å². The van der Waals surface area contributed by atoms with Gasteiger partial charge in [0.15, 0.2) is 0 Å². The molecule has 0 saturated heterocycles. The highest BCUT2D eigenvalue weighted by Gasteiger charge is 1.94. The Balaban J connectivity index is 2.19. The molecule has 0 N–H and O–H groups in total. The van der Waals surface area contributed by atoms with E-state index in [1.54, 1.807) is 7.11 Å². The van der Waals surface area contributed by atoms with Crippen molar-refractivity contribution in [3.8, 4) is 5.75 Å². The predicted molar refractivity (Wildman–Crippen MR) is 67.1 cm³/mol. The van der Waals surface area contributed by atoms with Gasteiger partial charge in [-0.1, -0.05) is 24.3 Å². The molecular formula is C13H17ClO2. The quantitative estimate of drug-likeness (QED) is 0.413. The third kappa shape index (κ3) is 5.19. The van der Waals surface area contributed by atoms with E-state index >= 15 is 0 Å². The second kappa shape index (κ2) is 8.20. The lowest BCUT2D eigenvalue weighted by molar-refractivity contribution is 0.125. The summed E-state index contributed by atoms with van der Waals surface area (Å²) in [6.45, 7) is 1.36. The highest BCUT2D eigenvalue weighted by atomic mass is 35.5. The molecule has 0 fully saturated rings. The molecule has 1 rings (SSSR count). The van der Waals surface area contributed by atoms with E-state index in [2.05, 4.69) is 0 Å². The Morgan fingerprint density at radius 1 is 1.19 bits per heavy atom. The molecule has 0 bridgehead atoms. The maximum Gasteiger partial charge on any atom is 0.118 e. The maximum atomic E-state index is 5.50. The average molecular weight is 241 g/mol. The van der Waals surface area contributed by atoms with Crippen LogP contribution in [0, 0.1) is 0 Å². The fraction of sp³-hybridized carbons (Fsp3) is 0.385. The van der Waals surface area contributed by atoms with Crippen LogP contribution in [0.15, 0.2) is 36.4 Å². The molecule has 0 aliphatic heterocycles. The van der Waals surface area contributed by atoms with Crippen molar-refractivity contribution in [3.05, 3.63) is 42.0 Å². The smallest absolute Gasteiger partial charge is 0.118 e. The first-order valence-corrected chi connectivity index (χ1v) is 5.82. The van der Waals surface area contributed by atoms with E-state index in [4.69, 9.17) is 21.1 Å². The summed E-state index contributed by atoms with van der Waals surface area (Å²) < 4.78 is 10.6. The van der Waals surface area contributed by atoms with Gasteiger partial charge in [-0.2, -0.15) is 0 Å². The third-order valence-electron chi connectivity index (χ3n) is 2.11. The van der Waals surface area contributed by atoms with Gasteiger partial charge in [-0.25, -0.2) is 0 Å². The number of hydrogen-bond acceptors (Lipinski definition) is 2. The Kier molecular flexibility index (Phi) is 6.70. The molecule has 3 heteroatoms. The van der Waals surface area contributed by atoms with E-state index in [0.717, 1.165) is 24.3 Å². The number of halogens is 1. The first-order chi connectivity index (χ1) is 7.86. The number of alkyl halides is 1. The van der Waals surface area contributed by atoms with Crippen LogP contribution < -0.4 is 4.74 Å². The molecule has 0 heterocycles. The van der Waals surface area contributed by atoms with Crippen LogP contribution in [0.3, 0.4) is 0 Å². The van der Waals surface area contributed by atoms with Gasteiger partial charge in [0.05, 0.1) is 20.3 Å². The summed E-state index contributed by atoms with van der Waals surface area (Å²) in [5.41, 5.74) is 1.15. The summed E-state index contributed by atoms with van der Waals surface area (Å²) in [6.07, 6.45) is 4.86. The van der Waals surface area contributed by atoms with Gasteiger partial charge in [0.2, 0.25) is 0 Å². The maximum absolute atomic E-state index is 5.50. The minimum atomic E-state index is 0.568. The molecule has 0 unspecified atom stereocenters. The van der Waals surface area contributed by atoms with Crippen molar-refractivity contribution in [2.45, 2.75) is 13.0 Å². The molecular weight excluding hydrogens is 224 g/mol. The Bertz CT molecular complexity index is 306. The fourth-order valence-corrected chi connectivity index (χ4v) is 1.37. The van der Waals surface area contributed by atoms with Gasteiger partial charge < -0.3 is 9.47 Å². The molecule has 0 atom stereocenters. The van der Waals surface area contributed by atoms with E-state index in [-0.39, 0.29) is 0 Å². The van der Waals surface area contributed by atoms with E-state index in [0.29, 0.717) is 12.5 Å². The number of allylic oxidation sites excluding steroid dienone is 1. The Morgan fingerprint density at radius 3 is 2.56 bits per heavy atom. The minimum Gasteiger partial charge on any atom is -0.497 e. The molecule has 1 aromatic rings. The number of benzene rings is 1. The second-order valence-corrected chi connectivity index (χ2v) is 3.62. The van der Waals surface area contributed by atoms with Crippen LogP contribution in [-0.4, -0.2) is 19.6 Å². The zero-order valence-electron chi connectivity index (χ0n) is 9.49. The normalized spacial score (nSPS) is 10.9. The van der Waals surface area contributed by atoms with Crippen molar-refractivity contribution in [2.24, 2.45) is 0 Å². The van der Waals surface area contributed by atoms with E-state index in [1.165, 1.54) is 0 Å². The summed E-state index contributed by atoms with van der Waals surface area (Å²) in [4.78, 5) is 0. The molecule has 0 radical (unpaired) electrons. The molecule has 0 aliphatic rings. The Labute approximate surface area is 102 Å². The van der Waals surface area contributed by atoms with Crippen LogP contribution in [0.2, 0.25) is 0 Å². The number of rotatable bonds is 7. The summed E-state index contributed by atoms with van der Waals surface area (Å²) in [5.74, 6) is 1.44. The van der Waals surface area contributed by atoms with Crippen LogP contribution in [0.1, 0.15) is 12.0 Å². The van der Waals surface area contributed by atoms with Crippen molar-refractivity contribution in [3.63, 3.8) is 0 Å². The molecule has 0 aromatic heterocycles. The van der Waals surface area contributed by atoms with E-state index in [1.807, 2.05) is 36.4 Å². The van der Waals surface area contributed by atoms with Crippen LogP contribution in [0.5, 0.6) is 5.75 Å². The number of methoxy groups -OCH3 is 1. The molecule has 1 aromatic carbocycles. The number of ether oxygens (including phenoxy) is 2. The van der Waals surface area contributed by atoms with Gasteiger partial charge in [-0.15, -0.1) is 11.6 Å². The number of hydrogen-bond donors (Lipinski definition) is 0. The SMILES string of the molecule is COc1ccc(COCC/C=C/CCl)cc1. The topological polar surface area (TPSA) is 18.5 Å². The Morgan fingerprint density at radius 2 is 1.94 bits per heavy atom. The molecule has 0 amide bonds. The van der Waals surface area contributed by atoms with Crippen molar-refractivity contribution < 1.29 is 9.47 Å². The van der Waals surface area contributed by atoms with Crippen molar-refractivity contribution in [1.82, 2.24) is 0 Å². The average Bonchev–Trinajstić information content (AvgIpc) is 2.34. The lowest BCUT2D eigenvalue weighted by atomic mass is 10.2. The lowest BCUT2D eigenvalue weighted by Gasteiger charge is -2.04. The second-order valence-electron chi connectivity index (χ2n) is 3.32. The Hall–Kier alpha value is -0.990. The van der Waals surface area contributed by atoms with Gasteiger partial charge in [0.1, 0.15) is 5.75 Å². The highest BCUT2D eigenvalue weighted by Crippen LogP contribution is 2.11. The van der Waals surface area contributed by atoms with Crippen LogP contribution in [-0.2, 0) is 11.3 Å². The first-order valence-electron chi connectivity index (χ1n) is 5.28. The predicted octanol–water partition coefficient (Wildman–Crippen LogP) is 3.40.